The van der Waals surface area contributed by atoms with E-state index in [1.165, 1.54) is 0 Å². The van der Waals surface area contributed by atoms with Crippen molar-refractivity contribution in [2.45, 2.75) is 13.5 Å². The van der Waals surface area contributed by atoms with Gasteiger partial charge >= 0.3 is 0 Å². The fourth-order valence-corrected chi connectivity index (χ4v) is 2.17. The summed E-state index contributed by atoms with van der Waals surface area (Å²) in [6.45, 7) is 3.56. The van der Waals surface area contributed by atoms with Gasteiger partial charge in [-0.25, -0.2) is 0 Å². The average Bonchev–Trinajstić information content (AvgIpc) is 2.54. The molecule has 2 N–H and O–H groups in total. The normalized spacial score (nSPS) is 12.6. The lowest BCUT2D eigenvalue weighted by Crippen LogP contribution is -2.28. The van der Waals surface area contributed by atoms with Crippen LogP contribution in [0.25, 0.3) is 0 Å². The SMILES string of the molecule is Cc1cnc(CNC(=S)Nc2ccc3c(c2)OCCO3)cn1. The van der Waals surface area contributed by atoms with Crippen molar-refractivity contribution in [2.75, 3.05) is 18.5 Å². The quantitative estimate of drug-likeness (QED) is 0.840. The van der Waals surface area contributed by atoms with Gasteiger partial charge in [0, 0.05) is 18.0 Å². The predicted molar refractivity (Wildman–Crippen MR) is 87.3 cm³/mol. The van der Waals surface area contributed by atoms with Gasteiger partial charge in [-0.1, -0.05) is 0 Å². The highest BCUT2D eigenvalue weighted by atomic mass is 32.1. The molecule has 1 aromatic heterocycles. The molecule has 2 heterocycles. The maximum atomic E-state index is 5.54. The van der Waals surface area contributed by atoms with E-state index in [1.54, 1.807) is 12.4 Å². The van der Waals surface area contributed by atoms with Crippen LogP contribution in [0.3, 0.4) is 0 Å². The second kappa shape index (κ2) is 6.57. The van der Waals surface area contributed by atoms with Gasteiger partial charge in [0.25, 0.3) is 0 Å². The number of anilines is 1. The Labute approximate surface area is 133 Å². The summed E-state index contributed by atoms with van der Waals surface area (Å²) in [5.74, 6) is 1.48. The maximum absolute atomic E-state index is 5.54. The molecule has 3 rings (SSSR count). The molecule has 0 radical (unpaired) electrons. The van der Waals surface area contributed by atoms with E-state index in [4.69, 9.17) is 21.7 Å². The molecule has 0 amide bonds. The highest BCUT2D eigenvalue weighted by Crippen LogP contribution is 2.32. The lowest BCUT2D eigenvalue weighted by Gasteiger charge is -2.19. The van der Waals surface area contributed by atoms with Crippen LogP contribution in [0.5, 0.6) is 11.5 Å². The maximum Gasteiger partial charge on any atom is 0.171 e. The Morgan fingerprint density at radius 1 is 1.18 bits per heavy atom. The van der Waals surface area contributed by atoms with Gasteiger partial charge in [0.15, 0.2) is 16.6 Å². The number of hydrogen-bond acceptors (Lipinski definition) is 5. The van der Waals surface area contributed by atoms with Crippen molar-refractivity contribution in [3.05, 3.63) is 42.0 Å². The van der Waals surface area contributed by atoms with Crippen molar-refractivity contribution in [1.29, 1.82) is 0 Å². The van der Waals surface area contributed by atoms with Gasteiger partial charge in [-0.3, -0.25) is 9.97 Å². The predicted octanol–water partition coefficient (Wildman–Crippen LogP) is 2.04. The molecule has 0 atom stereocenters. The largest absolute Gasteiger partial charge is 0.486 e. The summed E-state index contributed by atoms with van der Waals surface area (Å²) in [6.07, 6.45) is 3.46. The van der Waals surface area contributed by atoms with Crippen LogP contribution in [0.1, 0.15) is 11.4 Å². The fourth-order valence-electron chi connectivity index (χ4n) is 1.98. The zero-order valence-corrected chi connectivity index (χ0v) is 12.9. The Kier molecular flexibility index (Phi) is 4.34. The number of aryl methyl sites for hydroxylation is 1. The molecule has 1 aliphatic rings. The Bertz CT molecular complexity index is 676. The van der Waals surface area contributed by atoms with Gasteiger partial charge in [-0.15, -0.1) is 0 Å². The third-order valence-electron chi connectivity index (χ3n) is 3.06. The van der Waals surface area contributed by atoms with E-state index in [0.717, 1.165) is 28.6 Å². The number of nitrogens with zero attached hydrogens (tertiary/aromatic N) is 2. The number of fused-ring (bicyclic) bond motifs is 1. The number of benzene rings is 1. The highest BCUT2D eigenvalue weighted by molar-refractivity contribution is 7.80. The van der Waals surface area contributed by atoms with E-state index >= 15 is 0 Å². The minimum Gasteiger partial charge on any atom is -0.486 e. The van der Waals surface area contributed by atoms with Crippen LogP contribution < -0.4 is 20.1 Å². The zero-order valence-electron chi connectivity index (χ0n) is 12.1. The van der Waals surface area contributed by atoms with Crippen LogP contribution in [-0.2, 0) is 6.54 Å². The third-order valence-corrected chi connectivity index (χ3v) is 3.31. The summed E-state index contributed by atoms with van der Waals surface area (Å²) in [5, 5.41) is 6.72. The van der Waals surface area contributed by atoms with Crippen molar-refractivity contribution in [3.8, 4) is 11.5 Å². The fraction of sp³-hybridized carbons (Fsp3) is 0.267. The molecule has 0 saturated carbocycles. The monoisotopic (exact) mass is 316 g/mol. The molecule has 0 saturated heterocycles. The number of aromatic nitrogens is 2. The van der Waals surface area contributed by atoms with Crippen molar-refractivity contribution < 1.29 is 9.47 Å². The van der Waals surface area contributed by atoms with E-state index in [1.807, 2.05) is 25.1 Å². The second-order valence-corrected chi connectivity index (χ2v) is 5.22. The second-order valence-electron chi connectivity index (χ2n) is 4.82. The number of rotatable bonds is 3. The molecule has 1 aliphatic heterocycles. The van der Waals surface area contributed by atoms with Gasteiger partial charge in [0.05, 0.1) is 24.1 Å². The summed E-state index contributed by atoms with van der Waals surface area (Å²) in [4.78, 5) is 8.46. The van der Waals surface area contributed by atoms with Crippen molar-refractivity contribution in [2.24, 2.45) is 0 Å². The Morgan fingerprint density at radius 3 is 2.77 bits per heavy atom. The zero-order chi connectivity index (χ0) is 15.4. The van der Waals surface area contributed by atoms with Gasteiger partial charge < -0.3 is 20.1 Å². The summed E-state index contributed by atoms with van der Waals surface area (Å²) in [6, 6.07) is 5.63. The lowest BCUT2D eigenvalue weighted by molar-refractivity contribution is 0.171. The summed E-state index contributed by atoms with van der Waals surface area (Å²) in [5.41, 5.74) is 2.56. The van der Waals surface area contributed by atoms with Crippen molar-refractivity contribution in [1.82, 2.24) is 15.3 Å². The van der Waals surface area contributed by atoms with Crippen LogP contribution in [0, 0.1) is 6.92 Å². The van der Waals surface area contributed by atoms with Crippen LogP contribution in [-0.4, -0.2) is 28.3 Å². The molecule has 0 bridgehead atoms. The molecule has 0 fully saturated rings. The van der Waals surface area contributed by atoms with Crippen molar-refractivity contribution in [3.63, 3.8) is 0 Å². The molecule has 7 heteroatoms. The Hall–Kier alpha value is -2.41. The van der Waals surface area contributed by atoms with E-state index in [9.17, 15) is 0 Å². The molecule has 22 heavy (non-hydrogen) atoms. The topological polar surface area (TPSA) is 68.3 Å². The molecule has 0 aliphatic carbocycles. The van der Waals surface area contributed by atoms with Gasteiger partial charge in [-0.05, 0) is 31.3 Å². The van der Waals surface area contributed by atoms with Gasteiger partial charge in [-0.2, -0.15) is 0 Å². The molecule has 2 aromatic rings. The molecule has 114 valence electrons. The highest BCUT2D eigenvalue weighted by Gasteiger charge is 2.12. The minimum atomic E-state index is 0.513. The molecule has 6 nitrogen and oxygen atoms in total. The molecular weight excluding hydrogens is 300 g/mol. The molecule has 0 unspecified atom stereocenters. The van der Waals surface area contributed by atoms with Crippen LogP contribution >= 0.6 is 12.2 Å². The number of hydrogen-bond donors (Lipinski definition) is 2. The first-order chi connectivity index (χ1) is 10.7. The van der Waals surface area contributed by atoms with Crippen molar-refractivity contribution >= 4 is 23.0 Å². The average molecular weight is 316 g/mol. The number of thiocarbonyl (C=S) groups is 1. The summed E-state index contributed by atoms with van der Waals surface area (Å²) in [7, 11) is 0. The summed E-state index contributed by atoms with van der Waals surface area (Å²) < 4.78 is 11.0. The lowest BCUT2D eigenvalue weighted by atomic mass is 10.2. The number of nitrogens with one attached hydrogen (secondary N) is 2. The van der Waals surface area contributed by atoms with Crippen LogP contribution in [0.15, 0.2) is 30.6 Å². The van der Waals surface area contributed by atoms with Crippen LogP contribution in [0.4, 0.5) is 5.69 Å². The first kappa shape index (κ1) is 14.5. The first-order valence-electron chi connectivity index (χ1n) is 6.93. The third kappa shape index (κ3) is 3.62. The summed E-state index contributed by atoms with van der Waals surface area (Å²) >= 11 is 5.27. The smallest absolute Gasteiger partial charge is 0.171 e. The Morgan fingerprint density at radius 2 is 2.00 bits per heavy atom. The van der Waals surface area contributed by atoms with Gasteiger partial charge in [0.1, 0.15) is 13.2 Å². The van der Waals surface area contributed by atoms with E-state index in [2.05, 4.69) is 20.6 Å². The Balaban J connectivity index is 1.56. The van der Waals surface area contributed by atoms with E-state index < -0.39 is 0 Å². The van der Waals surface area contributed by atoms with E-state index in [-0.39, 0.29) is 0 Å². The van der Waals surface area contributed by atoms with E-state index in [0.29, 0.717) is 24.9 Å². The minimum absolute atomic E-state index is 0.513. The number of ether oxygens (including phenoxy) is 2. The van der Waals surface area contributed by atoms with Gasteiger partial charge in [0.2, 0.25) is 0 Å². The first-order valence-corrected chi connectivity index (χ1v) is 7.33. The standard InChI is InChI=1S/C15H16N4O2S/c1-10-7-17-12(8-16-10)9-18-15(22)19-11-2-3-13-14(6-11)21-5-4-20-13/h2-3,6-8H,4-5,9H2,1H3,(H2,18,19,22). The van der Waals surface area contributed by atoms with Crippen LogP contribution in [0.2, 0.25) is 0 Å². The molecule has 1 aromatic carbocycles. The molecular formula is C15H16N4O2S. The molecule has 0 spiro atoms.